The molecule has 1 N–H and O–H groups in total. The van der Waals surface area contributed by atoms with Crippen molar-refractivity contribution in [3.63, 3.8) is 0 Å². The highest BCUT2D eigenvalue weighted by molar-refractivity contribution is 4.80. The normalized spacial score (nSPS) is 24.2. The van der Waals surface area contributed by atoms with Crippen LogP contribution >= 0.6 is 0 Å². The van der Waals surface area contributed by atoms with Crippen molar-refractivity contribution < 1.29 is 0 Å². The smallest absolute Gasteiger partial charge is 0.00669 e. The molecule has 0 aromatic carbocycles. The Morgan fingerprint density at radius 2 is 2.06 bits per heavy atom. The summed E-state index contributed by atoms with van der Waals surface area (Å²) >= 11 is 0. The lowest BCUT2D eigenvalue weighted by molar-refractivity contribution is 0.235. The van der Waals surface area contributed by atoms with E-state index in [-0.39, 0.29) is 0 Å². The molecule has 1 heterocycles. The average Bonchev–Trinajstić information content (AvgIpc) is 2.66. The van der Waals surface area contributed by atoms with Gasteiger partial charge in [0.05, 0.1) is 0 Å². The predicted octanol–water partition coefficient (Wildman–Crippen LogP) is 2.74. The van der Waals surface area contributed by atoms with Crippen LogP contribution in [0.2, 0.25) is 0 Å². The van der Waals surface area contributed by atoms with Gasteiger partial charge in [0, 0.05) is 12.6 Å². The van der Waals surface area contributed by atoms with Crippen molar-refractivity contribution in [3.8, 4) is 0 Å². The number of likely N-dealkylation sites (tertiary alicyclic amines) is 1. The second-order valence-electron chi connectivity index (χ2n) is 5.84. The Bertz CT molecular complexity index is 180. The van der Waals surface area contributed by atoms with Crippen molar-refractivity contribution in [1.82, 2.24) is 10.2 Å². The van der Waals surface area contributed by atoms with Crippen molar-refractivity contribution in [2.75, 3.05) is 26.2 Å². The van der Waals surface area contributed by atoms with Gasteiger partial charge in [-0.05, 0) is 51.2 Å². The van der Waals surface area contributed by atoms with Crippen molar-refractivity contribution in [1.29, 1.82) is 0 Å². The van der Waals surface area contributed by atoms with E-state index in [0.717, 1.165) is 17.9 Å². The van der Waals surface area contributed by atoms with Gasteiger partial charge in [-0.3, -0.25) is 0 Å². The van der Waals surface area contributed by atoms with Gasteiger partial charge in [0.1, 0.15) is 0 Å². The lowest BCUT2D eigenvalue weighted by atomic mass is 10.1. The first-order valence-corrected chi connectivity index (χ1v) is 7.08. The number of nitrogens with zero attached hydrogens (tertiary/aromatic N) is 1. The van der Waals surface area contributed by atoms with E-state index < -0.39 is 0 Å². The van der Waals surface area contributed by atoms with E-state index in [4.69, 9.17) is 0 Å². The Kier molecular flexibility index (Phi) is 6.37. The van der Waals surface area contributed by atoms with Crippen molar-refractivity contribution in [2.24, 2.45) is 11.8 Å². The third kappa shape index (κ3) is 4.84. The van der Waals surface area contributed by atoms with Gasteiger partial charge < -0.3 is 10.2 Å². The Labute approximate surface area is 102 Å². The van der Waals surface area contributed by atoms with Crippen LogP contribution in [0.15, 0.2) is 0 Å². The molecule has 0 bridgehead atoms. The molecule has 2 atom stereocenters. The van der Waals surface area contributed by atoms with E-state index in [0.29, 0.717) is 0 Å². The number of hydrogen-bond donors (Lipinski definition) is 1. The molecule has 1 aliphatic rings. The molecule has 2 heteroatoms. The maximum Gasteiger partial charge on any atom is 0.00669 e. The van der Waals surface area contributed by atoms with Gasteiger partial charge in [-0.15, -0.1) is 0 Å². The first-order chi connectivity index (χ1) is 7.63. The third-order valence-electron chi connectivity index (χ3n) is 3.63. The Hall–Kier alpha value is -0.0800. The van der Waals surface area contributed by atoms with Crippen molar-refractivity contribution >= 4 is 0 Å². The average molecular weight is 226 g/mol. The summed E-state index contributed by atoms with van der Waals surface area (Å²) in [5.41, 5.74) is 0. The van der Waals surface area contributed by atoms with Gasteiger partial charge in [-0.25, -0.2) is 0 Å². The van der Waals surface area contributed by atoms with Gasteiger partial charge in [-0.1, -0.05) is 27.2 Å². The maximum absolute atomic E-state index is 3.59. The first-order valence-electron chi connectivity index (χ1n) is 7.08. The Morgan fingerprint density at radius 1 is 1.31 bits per heavy atom. The van der Waals surface area contributed by atoms with Crippen LogP contribution in [-0.4, -0.2) is 37.1 Å². The summed E-state index contributed by atoms with van der Waals surface area (Å²) in [6, 6.07) is 0.792. The van der Waals surface area contributed by atoms with E-state index in [2.05, 4.69) is 37.9 Å². The Morgan fingerprint density at radius 3 is 2.69 bits per heavy atom. The van der Waals surface area contributed by atoms with Gasteiger partial charge in [0.25, 0.3) is 0 Å². The van der Waals surface area contributed by atoms with Crippen LogP contribution in [0.5, 0.6) is 0 Å². The van der Waals surface area contributed by atoms with Gasteiger partial charge in [0.15, 0.2) is 0 Å². The molecule has 96 valence electrons. The number of rotatable bonds is 7. The fourth-order valence-electron chi connectivity index (χ4n) is 2.61. The maximum atomic E-state index is 3.59. The highest BCUT2D eigenvalue weighted by Gasteiger charge is 2.24. The van der Waals surface area contributed by atoms with Gasteiger partial charge in [-0.2, -0.15) is 0 Å². The molecule has 0 amide bonds. The molecule has 1 aliphatic heterocycles. The molecule has 0 radical (unpaired) electrons. The second kappa shape index (κ2) is 7.29. The fourth-order valence-corrected chi connectivity index (χ4v) is 2.61. The summed E-state index contributed by atoms with van der Waals surface area (Å²) in [4.78, 5) is 2.67. The minimum Gasteiger partial charge on any atom is -0.316 e. The molecule has 1 saturated heterocycles. The summed E-state index contributed by atoms with van der Waals surface area (Å²) in [6.45, 7) is 14.2. The van der Waals surface area contributed by atoms with Gasteiger partial charge in [0.2, 0.25) is 0 Å². The molecular formula is C14H30N2. The lowest BCUT2D eigenvalue weighted by Gasteiger charge is -2.24. The Balaban J connectivity index is 2.14. The highest BCUT2D eigenvalue weighted by Crippen LogP contribution is 2.19. The molecule has 1 rings (SSSR count). The molecular weight excluding hydrogens is 196 g/mol. The molecule has 0 aromatic heterocycles. The van der Waals surface area contributed by atoms with Crippen LogP contribution in [0.3, 0.4) is 0 Å². The van der Waals surface area contributed by atoms with E-state index in [9.17, 15) is 0 Å². The largest absolute Gasteiger partial charge is 0.316 e. The van der Waals surface area contributed by atoms with Crippen molar-refractivity contribution in [2.45, 2.75) is 53.0 Å². The molecule has 0 saturated carbocycles. The zero-order valence-corrected chi connectivity index (χ0v) is 11.6. The summed E-state index contributed by atoms with van der Waals surface area (Å²) in [7, 11) is 0. The molecule has 16 heavy (non-hydrogen) atoms. The minimum atomic E-state index is 0.775. The third-order valence-corrected chi connectivity index (χ3v) is 3.63. The first kappa shape index (κ1) is 14.0. The van der Waals surface area contributed by atoms with Gasteiger partial charge >= 0.3 is 0 Å². The summed E-state index contributed by atoms with van der Waals surface area (Å²) in [5.74, 6) is 1.66. The highest BCUT2D eigenvalue weighted by atomic mass is 15.2. The SMILES string of the molecule is CCCC(C)N1CCC(CNCC(C)C)C1. The van der Waals surface area contributed by atoms with Crippen LogP contribution in [0.25, 0.3) is 0 Å². The second-order valence-corrected chi connectivity index (χ2v) is 5.84. The van der Waals surface area contributed by atoms with E-state index >= 15 is 0 Å². The van der Waals surface area contributed by atoms with Crippen LogP contribution in [0.4, 0.5) is 0 Å². The zero-order chi connectivity index (χ0) is 12.0. The zero-order valence-electron chi connectivity index (χ0n) is 11.6. The lowest BCUT2D eigenvalue weighted by Crippen LogP contribution is -2.33. The summed E-state index contributed by atoms with van der Waals surface area (Å²) in [6.07, 6.45) is 4.05. The fraction of sp³-hybridized carbons (Fsp3) is 1.00. The number of hydrogen-bond acceptors (Lipinski definition) is 2. The molecule has 0 aliphatic carbocycles. The molecule has 1 fully saturated rings. The van der Waals surface area contributed by atoms with Crippen molar-refractivity contribution in [3.05, 3.63) is 0 Å². The molecule has 0 aromatic rings. The van der Waals surface area contributed by atoms with E-state index in [1.165, 1.54) is 45.4 Å². The monoisotopic (exact) mass is 226 g/mol. The topological polar surface area (TPSA) is 15.3 Å². The predicted molar refractivity (Wildman–Crippen MR) is 71.8 cm³/mol. The quantitative estimate of drug-likeness (QED) is 0.718. The molecule has 0 spiro atoms. The minimum absolute atomic E-state index is 0.775. The standard InChI is InChI=1S/C14H30N2/c1-5-6-13(4)16-8-7-14(11-16)10-15-9-12(2)3/h12-15H,5-11H2,1-4H3. The van der Waals surface area contributed by atoms with E-state index in [1.54, 1.807) is 0 Å². The van der Waals surface area contributed by atoms with Crippen LogP contribution in [-0.2, 0) is 0 Å². The number of nitrogens with one attached hydrogen (secondary N) is 1. The molecule has 2 nitrogen and oxygen atoms in total. The molecule has 2 unspecified atom stereocenters. The summed E-state index contributed by atoms with van der Waals surface area (Å²) < 4.78 is 0. The summed E-state index contributed by atoms with van der Waals surface area (Å²) in [5, 5.41) is 3.59. The van der Waals surface area contributed by atoms with Crippen LogP contribution < -0.4 is 5.32 Å². The van der Waals surface area contributed by atoms with Crippen LogP contribution in [0.1, 0.15) is 47.0 Å². The van der Waals surface area contributed by atoms with Crippen LogP contribution in [0, 0.1) is 11.8 Å². The van der Waals surface area contributed by atoms with E-state index in [1.807, 2.05) is 0 Å².